The zero-order valence-corrected chi connectivity index (χ0v) is 13.2. The minimum absolute atomic E-state index is 0.173. The van der Waals surface area contributed by atoms with E-state index < -0.39 is 0 Å². The summed E-state index contributed by atoms with van der Waals surface area (Å²) in [5.74, 6) is 0. The third-order valence-electron chi connectivity index (χ3n) is 4.04. The van der Waals surface area contributed by atoms with Gasteiger partial charge in [0.15, 0.2) is 18.8 Å². The molecule has 0 N–H and O–H groups in total. The van der Waals surface area contributed by atoms with Crippen molar-refractivity contribution in [3.63, 3.8) is 0 Å². The zero-order chi connectivity index (χ0) is 14.8. The number of amides is 1. The Kier molecular flexibility index (Phi) is 4.51. The number of allylic oxidation sites excluding steroid dienone is 2. The van der Waals surface area contributed by atoms with Gasteiger partial charge in [0.05, 0.1) is 19.7 Å². The van der Waals surface area contributed by atoms with Gasteiger partial charge in [-0.2, -0.15) is 0 Å². The summed E-state index contributed by atoms with van der Waals surface area (Å²) in [5.41, 5.74) is 3.25. The van der Waals surface area contributed by atoms with Crippen molar-refractivity contribution in [2.75, 3.05) is 32.8 Å². The molecule has 1 amide bonds. The van der Waals surface area contributed by atoms with Crippen LogP contribution in [0.3, 0.4) is 0 Å². The van der Waals surface area contributed by atoms with Crippen LogP contribution < -0.4 is 0 Å². The molecule has 0 atom stereocenters. The molecule has 20 heavy (non-hydrogen) atoms. The lowest BCUT2D eigenvalue weighted by Gasteiger charge is -2.30. The number of carbonyl (C=O) groups is 1. The maximum absolute atomic E-state index is 11.7. The summed E-state index contributed by atoms with van der Waals surface area (Å²) in [7, 11) is 0. The summed E-state index contributed by atoms with van der Waals surface area (Å²) in [5, 5.41) is 0. The molecule has 1 saturated heterocycles. The first-order chi connectivity index (χ1) is 9.41. The van der Waals surface area contributed by atoms with Crippen molar-refractivity contribution in [3.05, 3.63) is 11.6 Å². The molecular weight excluding hydrogens is 252 g/mol. The molecule has 2 rings (SSSR count). The van der Waals surface area contributed by atoms with Crippen LogP contribution in [0.25, 0.3) is 0 Å². The van der Waals surface area contributed by atoms with Crippen molar-refractivity contribution in [1.29, 1.82) is 0 Å². The van der Waals surface area contributed by atoms with Crippen LogP contribution in [0.15, 0.2) is 11.6 Å². The van der Waals surface area contributed by atoms with E-state index in [1.54, 1.807) is 0 Å². The lowest BCUT2D eigenvalue weighted by molar-refractivity contribution is -0.539. The normalized spacial score (nSPS) is 22.6. The molecular formula is C16H27N2O2+. The molecule has 0 saturated carbocycles. The molecule has 0 aromatic heterocycles. The van der Waals surface area contributed by atoms with E-state index in [2.05, 4.69) is 31.4 Å². The predicted octanol–water partition coefficient (Wildman–Crippen LogP) is 2.68. The topological polar surface area (TPSA) is 32.5 Å². The Balaban J connectivity index is 2.04. The Morgan fingerprint density at radius 3 is 2.55 bits per heavy atom. The van der Waals surface area contributed by atoms with E-state index in [9.17, 15) is 4.79 Å². The molecule has 0 unspecified atom stereocenters. The number of hydrogen-bond donors (Lipinski definition) is 0. The molecule has 4 heteroatoms. The van der Waals surface area contributed by atoms with Crippen LogP contribution in [0, 0.1) is 5.41 Å². The van der Waals surface area contributed by atoms with Crippen LogP contribution in [0.4, 0.5) is 4.79 Å². The Morgan fingerprint density at radius 1 is 1.35 bits per heavy atom. The lowest BCUT2D eigenvalue weighted by atomic mass is 9.77. The lowest BCUT2D eigenvalue weighted by Crippen LogP contribution is -2.47. The van der Waals surface area contributed by atoms with Gasteiger partial charge in [-0.1, -0.05) is 19.4 Å². The highest BCUT2D eigenvalue weighted by molar-refractivity contribution is 5.92. The van der Waals surface area contributed by atoms with Gasteiger partial charge in [-0.3, -0.25) is 4.90 Å². The van der Waals surface area contributed by atoms with E-state index in [1.807, 2.05) is 11.8 Å². The summed E-state index contributed by atoms with van der Waals surface area (Å²) in [6.45, 7) is 12.5. The Labute approximate surface area is 122 Å². The van der Waals surface area contributed by atoms with Gasteiger partial charge in [-0.25, -0.2) is 9.37 Å². The fourth-order valence-corrected chi connectivity index (χ4v) is 3.29. The van der Waals surface area contributed by atoms with E-state index in [0.29, 0.717) is 12.0 Å². The molecule has 0 aromatic rings. The second-order valence-corrected chi connectivity index (χ2v) is 6.67. The molecule has 0 radical (unpaired) electrons. The smallest absolute Gasteiger partial charge is 0.410 e. The van der Waals surface area contributed by atoms with E-state index >= 15 is 0 Å². The minimum atomic E-state index is -0.173. The Hall–Kier alpha value is -1.32. The van der Waals surface area contributed by atoms with Gasteiger partial charge in [0.1, 0.15) is 0 Å². The van der Waals surface area contributed by atoms with Gasteiger partial charge in [0, 0.05) is 12.5 Å². The number of carbonyl (C=O) groups excluding carboxylic acids is 1. The zero-order valence-electron chi connectivity index (χ0n) is 13.2. The highest BCUT2D eigenvalue weighted by Gasteiger charge is 2.32. The summed E-state index contributed by atoms with van der Waals surface area (Å²) < 4.78 is 7.49. The first kappa shape index (κ1) is 15.1. The second kappa shape index (κ2) is 5.98. The molecule has 1 heterocycles. The standard InChI is InChI=1S/C16H27N2O2/c1-5-20-15(19)18-8-6-17(7-9-18)14-10-13(2)11-16(3,4)12-14/h10H,5-9,11-12H2,1-4H3/q+1. The van der Waals surface area contributed by atoms with Crippen LogP contribution >= 0.6 is 0 Å². The van der Waals surface area contributed by atoms with Gasteiger partial charge in [-0.15, -0.1) is 0 Å². The fourth-order valence-electron chi connectivity index (χ4n) is 3.29. The van der Waals surface area contributed by atoms with Crippen molar-refractivity contribution >= 4 is 11.8 Å². The largest absolute Gasteiger partial charge is 0.450 e. The molecule has 2 aliphatic rings. The van der Waals surface area contributed by atoms with Crippen molar-refractivity contribution in [2.45, 2.75) is 40.5 Å². The van der Waals surface area contributed by atoms with Crippen LogP contribution in [0.2, 0.25) is 0 Å². The third kappa shape index (κ3) is 3.62. The average molecular weight is 279 g/mol. The van der Waals surface area contributed by atoms with Crippen molar-refractivity contribution in [2.24, 2.45) is 5.41 Å². The number of rotatable bonds is 1. The maximum atomic E-state index is 11.7. The SMILES string of the molecule is CCOC(=O)N1CC[N+](=C2C=C(C)CC(C)(C)C2)CC1. The molecule has 0 bridgehead atoms. The van der Waals surface area contributed by atoms with Gasteiger partial charge >= 0.3 is 6.09 Å². The van der Waals surface area contributed by atoms with Crippen molar-refractivity contribution in [3.8, 4) is 0 Å². The first-order valence-electron chi connectivity index (χ1n) is 7.61. The molecule has 4 nitrogen and oxygen atoms in total. The highest BCUT2D eigenvalue weighted by atomic mass is 16.6. The summed E-state index contributed by atoms with van der Waals surface area (Å²) in [4.78, 5) is 13.5. The van der Waals surface area contributed by atoms with Crippen molar-refractivity contribution in [1.82, 2.24) is 4.90 Å². The highest BCUT2D eigenvalue weighted by Crippen LogP contribution is 2.33. The summed E-state index contributed by atoms with van der Waals surface area (Å²) in [6, 6.07) is 0. The van der Waals surface area contributed by atoms with Gasteiger partial charge in [0.25, 0.3) is 0 Å². The monoisotopic (exact) mass is 279 g/mol. The molecule has 1 aliphatic heterocycles. The van der Waals surface area contributed by atoms with Crippen LogP contribution in [-0.4, -0.2) is 54.1 Å². The number of ether oxygens (including phenoxy) is 1. The Morgan fingerprint density at radius 2 is 2.00 bits per heavy atom. The van der Waals surface area contributed by atoms with Crippen LogP contribution in [0.1, 0.15) is 40.5 Å². The maximum Gasteiger partial charge on any atom is 0.410 e. The molecule has 0 spiro atoms. The van der Waals surface area contributed by atoms with E-state index in [0.717, 1.165) is 32.6 Å². The number of hydrogen-bond acceptors (Lipinski definition) is 2. The quantitative estimate of drug-likeness (QED) is 0.691. The molecule has 1 fully saturated rings. The van der Waals surface area contributed by atoms with E-state index in [1.165, 1.54) is 17.7 Å². The minimum Gasteiger partial charge on any atom is -0.450 e. The van der Waals surface area contributed by atoms with Gasteiger partial charge in [-0.05, 0) is 25.7 Å². The van der Waals surface area contributed by atoms with Crippen LogP contribution in [0.5, 0.6) is 0 Å². The van der Waals surface area contributed by atoms with Gasteiger partial charge in [0.2, 0.25) is 0 Å². The third-order valence-corrected chi connectivity index (χ3v) is 4.04. The Bertz CT molecular complexity index is 439. The van der Waals surface area contributed by atoms with Crippen LogP contribution in [-0.2, 0) is 4.74 Å². The molecule has 112 valence electrons. The van der Waals surface area contributed by atoms with E-state index in [4.69, 9.17) is 4.74 Å². The first-order valence-corrected chi connectivity index (χ1v) is 7.61. The van der Waals surface area contributed by atoms with E-state index in [-0.39, 0.29) is 6.09 Å². The van der Waals surface area contributed by atoms with Crippen molar-refractivity contribution < 1.29 is 14.1 Å². The fraction of sp³-hybridized carbons (Fsp3) is 0.750. The summed E-state index contributed by atoms with van der Waals surface area (Å²) in [6.07, 6.45) is 4.47. The molecule has 0 aromatic carbocycles. The summed E-state index contributed by atoms with van der Waals surface area (Å²) >= 11 is 0. The second-order valence-electron chi connectivity index (χ2n) is 6.67. The molecule has 1 aliphatic carbocycles. The average Bonchev–Trinajstić information content (AvgIpc) is 2.37. The number of nitrogens with zero attached hydrogens (tertiary/aromatic N) is 2. The number of piperazine rings is 1. The predicted molar refractivity (Wildman–Crippen MR) is 80.4 cm³/mol. The van der Waals surface area contributed by atoms with Gasteiger partial charge < -0.3 is 4.74 Å².